The number of aliphatic hydroxyl groups is 1. The standard InChI is InChI=1S/C16H20N4O/c1-11(21)12-3-4-14-10-20(8-6-13(14)9-12)15-5-7-18-16(17-2)19-15/h3-5,7,9,11,21H,6,8,10H2,1-2H3,(H,17,18,19)/t11-/m1/s1. The minimum absolute atomic E-state index is 0.409. The normalized spacial score (nSPS) is 15.5. The molecule has 21 heavy (non-hydrogen) atoms. The van der Waals surface area contributed by atoms with E-state index in [1.165, 1.54) is 11.1 Å². The average Bonchev–Trinajstić information content (AvgIpc) is 2.53. The molecule has 5 heteroatoms. The zero-order valence-electron chi connectivity index (χ0n) is 12.4. The van der Waals surface area contributed by atoms with Crippen LogP contribution in [0.3, 0.4) is 0 Å². The Morgan fingerprint density at radius 2 is 2.14 bits per heavy atom. The fourth-order valence-electron chi connectivity index (χ4n) is 2.67. The summed E-state index contributed by atoms with van der Waals surface area (Å²) in [6, 6.07) is 8.18. The third-order valence-corrected chi connectivity index (χ3v) is 3.91. The first-order valence-electron chi connectivity index (χ1n) is 7.23. The molecule has 0 aliphatic carbocycles. The van der Waals surface area contributed by atoms with Gasteiger partial charge in [0.15, 0.2) is 0 Å². The number of aliphatic hydroxyl groups excluding tert-OH is 1. The molecular weight excluding hydrogens is 264 g/mol. The van der Waals surface area contributed by atoms with Gasteiger partial charge in [0.05, 0.1) is 6.10 Å². The van der Waals surface area contributed by atoms with Crippen LogP contribution < -0.4 is 10.2 Å². The summed E-state index contributed by atoms with van der Waals surface area (Å²) in [5.41, 5.74) is 3.62. The maximum Gasteiger partial charge on any atom is 0.224 e. The summed E-state index contributed by atoms with van der Waals surface area (Å²) >= 11 is 0. The molecule has 0 amide bonds. The van der Waals surface area contributed by atoms with Crippen LogP contribution in [0.5, 0.6) is 0 Å². The molecule has 1 aliphatic rings. The number of nitrogens with one attached hydrogen (secondary N) is 1. The van der Waals surface area contributed by atoms with Crippen LogP contribution in [-0.2, 0) is 13.0 Å². The van der Waals surface area contributed by atoms with Gasteiger partial charge in [-0.15, -0.1) is 0 Å². The van der Waals surface area contributed by atoms with E-state index in [-0.39, 0.29) is 0 Å². The lowest BCUT2D eigenvalue weighted by atomic mass is 9.96. The fraction of sp³-hybridized carbons (Fsp3) is 0.375. The molecule has 1 aromatic carbocycles. The second-order valence-corrected chi connectivity index (χ2v) is 5.36. The summed E-state index contributed by atoms with van der Waals surface area (Å²) in [5, 5.41) is 12.6. The number of benzene rings is 1. The highest BCUT2D eigenvalue weighted by Gasteiger charge is 2.18. The monoisotopic (exact) mass is 284 g/mol. The largest absolute Gasteiger partial charge is 0.389 e. The first-order valence-corrected chi connectivity index (χ1v) is 7.23. The number of fused-ring (bicyclic) bond motifs is 1. The molecule has 2 aromatic rings. The molecule has 0 fully saturated rings. The van der Waals surface area contributed by atoms with Gasteiger partial charge in [0, 0.05) is 26.3 Å². The smallest absolute Gasteiger partial charge is 0.224 e. The highest BCUT2D eigenvalue weighted by atomic mass is 16.3. The van der Waals surface area contributed by atoms with E-state index >= 15 is 0 Å². The lowest BCUT2D eigenvalue weighted by Gasteiger charge is -2.30. The van der Waals surface area contributed by atoms with Gasteiger partial charge in [-0.25, -0.2) is 4.98 Å². The van der Waals surface area contributed by atoms with Crippen molar-refractivity contribution in [3.05, 3.63) is 47.2 Å². The molecule has 0 radical (unpaired) electrons. The molecule has 110 valence electrons. The van der Waals surface area contributed by atoms with Crippen LogP contribution in [0.15, 0.2) is 30.5 Å². The molecule has 5 nitrogen and oxygen atoms in total. The fourth-order valence-corrected chi connectivity index (χ4v) is 2.67. The molecule has 1 aliphatic heterocycles. The van der Waals surface area contributed by atoms with Gasteiger partial charge in [0.25, 0.3) is 0 Å². The number of anilines is 2. The molecule has 0 saturated carbocycles. The molecule has 0 unspecified atom stereocenters. The van der Waals surface area contributed by atoms with Gasteiger partial charge in [0.2, 0.25) is 5.95 Å². The Hall–Kier alpha value is -2.14. The molecule has 0 saturated heterocycles. The van der Waals surface area contributed by atoms with Crippen LogP contribution in [0.25, 0.3) is 0 Å². The predicted octanol–water partition coefficient (Wildman–Crippen LogP) is 2.13. The maximum atomic E-state index is 9.68. The molecule has 1 aromatic heterocycles. The third-order valence-electron chi connectivity index (χ3n) is 3.91. The van der Waals surface area contributed by atoms with Crippen molar-refractivity contribution in [3.8, 4) is 0 Å². The number of nitrogens with zero attached hydrogens (tertiary/aromatic N) is 3. The summed E-state index contributed by atoms with van der Waals surface area (Å²) in [7, 11) is 1.82. The van der Waals surface area contributed by atoms with Crippen LogP contribution in [0, 0.1) is 0 Å². The van der Waals surface area contributed by atoms with E-state index in [4.69, 9.17) is 0 Å². The molecule has 0 bridgehead atoms. The Morgan fingerprint density at radius 1 is 1.29 bits per heavy atom. The SMILES string of the molecule is CNc1nccc(N2CCc3cc([C@@H](C)O)ccc3C2)n1. The summed E-state index contributed by atoms with van der Waals surface area (Å²) in [6.45, 7) is 3.57. The van der Waals surface area contributed by atoms with E-state index in [1.54, 1.807) is 13.1 Å². The topological polar surface area (TPSA) is 61.3 Å². The summed E-state index contributed by atoms with van der Waals surface area (Å²) < 4.78 is 0. The van der Waals surface area contributed by atoms with Crippen LogP contribution in [-0.4, -0.2) is 28.7 Å². The Morgan fingerprint density at radius 3 is 2.90 bits per heavy atom. The van der Waals surface area contributed by atoms with E-state index in [1.807, 2.05) is 19.2 Å². The van der Waals surface area contributed by atoms with E-state index in [9.17, 15) is 5.11 Å². The van der Waals surface area contributed by atoms with Crippen molar-refractivity contribution in [2.45, 2.75) is 26.0 Å². The van der Waals surface area contributed by atoms with Gasteiger partial charge in [-0.3, -0.25) is 0 Å². The number of aromatic nitrogens is 2. The zero-order valence-corrected chi connectivity index (χ0v) is 12.4. The van der Waals surface area contributed by atoms with E-state index in [0.717, 1.165) is 30.9 Å². The minimum atomic E-state index is -0.409. The maximum absolute atomic E-state index is 9.68. The van der Waals surface area contributed by atoms with Gasteiger partial charge in [0.1, 0.15) is 5.82 Å². The highest BCUT2D eigenvalue weighted by Crippen LogP contribution is 2.26. The Labute approximate surface area is 124 Å². The first-order chi connectivity index (χ1) is 10.2. The number of hydrogen-bond acceptors (Lipinski definition) is 5. The van der Waals surface area contributed by atoms with Gasteiger partial charge in [-0.05, 0) is 36.1 Å². The first kappa shape index (κ1) is 13.8. The summed E-state index contributed by atoms with van der Waals surface area (Å²) in [5.74, 6) is 1.59. The van der Waals surface area contributed by atoms with Crippen molar-refractivity contribution in [1.29, 1.82) is 0 Å². The molecule has 1 atom stereocenters. The van der Waals surface area contributed by atoms with Gasteiger partial charge >= 0.3 is 0 Å². The van der Waals surface area contributed by atoms with Gasteiger partial charge in [-0.1, -0.05) is 18.2 Å². The third kappa shape index (κ3) is 2.83. The summed E-state index contributed by atoms with van der Waals surface area (Å²) in [6.07, 6.45) is 2.34. The van der Waals surface area contributed by atoms with Crippen molar-refractivity contribution in [2.24, 2.45) is 0 Å². The molecule has 0 spiro atoms. The lowest BCUT2D eigenvalue weighted by Crippen LogP contribution is -2.31. The van der Waals surface area contributed by atoms with E-state index in [2.05, 4.69) is 32.3 Å². The van der Waals surface area contributed by atoms with Crippen LogP contribution in [0.1, 0.15) is 29.7 Å². The number of hydrogen-bond donors (Lipinski definition) is 2. The highest BCUT2D eigenvalue weighted by molar-refractivity contribution is 5.47. The van der Waals surface area contributed by atoms with Crippen molar-refractivity contribution in [3.63, 3.8) is 0 Å². The van der Waals surface area contributed by atoms with Crippen molar-refractivity contribution in [1.82, 2.24) is 9.97 Å². The van der Waals surface area contributed by atoms with Crippen molar-refractivity contribution >= 4 is 11.8 Å². The minimum Gasteiger partial charge on any atom is -0.389 e. The zero-order chi connectivity index (χ0) is 14.8. The molecule has 2 N–H and O–H groups in total. The van der Waals surface area contributed by atoms with Crippen LogP contribution in [0.4, 0.5) is 11.8 Å². The van der Waals surface area contributed by atoms with Crippen LogP contribution in [0.2, 0.25) is 0 Å². The van der Waals surface area contributed by atoms with E-state index < -0.39 is 6.10 Å². The van der Waals surface area contributed by atoms with Gasteiger partial charge < -0.3 is 15.3 Å². The Balaban J connectivity index is 1.84. The van der Waals surface area contributed by atoms with E-state index in [0.29, 0.717) is 5.95 Å². The van der Waals surface area contributed by atoms with Crippen LogP contribution >= 0.6 is 0 Å². The molecule has 2 heterocycles. The Kier molecular flexibility index (Phi) is 3.75. The van der Waals surface area contributed by atoms with Crippen molar-refractivity contribution < 1.29 is 5.11 Å². The predicted molar refractivity (Wildman–Crippen MR) is 83.4 cm³/mol. The summed E-state index contributed by atoms with van der Waals surface area (Å²) in [4.78, 5) is 10.9. The Bertz CT molecular complexity index is 642. The van der Waals surface area contributed by atoms with Gasteiger partial charge in [-0.2, -0.15) is 4.98 Å². The lowest BCUT2D eigenvalue weighted by molar-refractivity contribution is 0.199. The second kappa shape index (κ2) is 5.69. The molecular formula is C16H20N4O. The second-order valence-electron chi connectivity index (χ2n) is 5.36. The number of rotatable bonds is 3. The average molecular weight is 284 g/mol. The quantitative estimate of drug-likeness (QED) is 0.904. The van der Waals surface area contributed by atoms with Crippen molar-refractivity contribution in [2.75, 3.05) is 23.8 Å². The molecule has 3 rings (SSSR count).